The van der Waals surface area contributed by atoms with Crippen LogP contribution in [0.25, 0.3) is 0 Å². The number of benzene rings is 1. The Balaban J connectivity index is 1.93. The molecule has 0 aliphatic carbocycles. The van der Waals surface area contributed by atoms with Crippen molar-refractivity contribution in [2.45, 2.75) is 26.7 Å². The molecule has 0 atom stereocenters. The van der Waals surface area contributed by atoms with Gasteiger partial charge in [-0.25, -0.2) is 5.43 Å². The van der Waals surface area contributed by atoms with Crippen molar-refractivity contribution in [3.8, 4) is 11.5 Å². The molecule has 0 radical (unpaired) electrons. The zero-order valence-electron chi connectivity index (χ0n) is 14.3. The maximum Gasteiger partial charge on any atom is 0.240 e. The second-order valence-electron chi connectivity index (χ2n) is 5.29. The third-order valence-corrected chi connectivity index (χ3v) is 3.71. The summed E-state index contributed by atoms with van der Waals surface area (Å²) in [5, 5.41) is 11.0. The molecule has 24 heavy (non-hydrogen) atoms. The summed E-state index contributed by atoms with van der Waals surface area (Å²) in [6.45, 7) is 3.87. The molecule has 1 amide bonds. The van der Waals surface area contributed by atoms with Crippen LogP contribution in [-0.2, 0) is 11.2 Å². The Morgan fingerprint density at radius 1 is 1.33 bits per heavy atom. The number of para-hydroxylation sites is 1. The van der Waals surface area contributed by atoms with E-state index in [1.165, 1.54) is 6.21 Å². The Hall–Kier alpha value is -2.83. The van der Waals surface area contributed by atoms with Gasteiger partial charge in [-0.15, -0.1) is 0 Å². The van der Waals surface area contributed by atoms with E-state index in [9.17, 15) is 4.79 Å². The Morgan fingerprint density at radius 3 is 2.75 bits per heavy atom. The third kappa shape index (κ3) is 4.13. The maximum absolute atomic E-state index is 11.9. The highest BCUT2D eigenvalue weighted by atomic mass is 16.5. The molecule has 0 saturated carbocycles. The minimum Gasteiger partial charge on any atom is -0.493 e. The molecule has 0 fully saturated rings. The summed E-state index contributed by atoms with van der Waals surface area (Å²) >= 11 is 0. The Bertz CT molecular complexity index is 718. The van der Waals surface area contributed by atoms with Gasteiger partial charge in [0.2, 0.25) is 5.91 Å². The number of nitrogens with zero attached hydrogens (tertiary/aromatic N) is 2. The lowest BCUT2D eigenvalue weighted by Crippen LogP contribution is -2.18. The van der Waals surface area contributed by atoms with Crippen LogP contribution in [0.2, 0.25) is 0 Å². The topological polar surface area (TPSA) is 88.6 Å². The molecule has 0 aliphatic heterocycles. The van der Waals surface area contributed by atoms with Crippen molar-refractivity contribution in [1.29, 1.82) is 0 Å². The van der Waals surface area contributed by atoms with Gasteiger partial charge in [-0.05, 0) is 38.0 Å². The van der Waals surface area contributed by atoms with Crippen molar-refractivity contribution < 1.29 is 14.3 Å². The van der Waals surface area contributed by atoms with E-state index in [-0.39, 0.29) is 5.91 Å². The van der Waals surface area contributed by atoms with Crippen molar-refractivity contribution in [3.63, 3.8) is 0 Å². The largest absolute Gasteiger partial charge is 0.493 e. The molecule has 0 spiro atoms. The molecule has 0 unspecified atom stereocenters. The zero-order valence-corrected chi connectivity index (χ0v) is 14.3. The summed E-state index contributed by atoms with van der Waals surface area (Å²) in [4.78, 5) is 11.9. The number of carbonyl (C=O) groups excluding carboxylic acids is 1. The van der Waals surface area contributed by atoms with Crippen molar-refractivity contribution >= 4 is 12.1 Å². The van der Waals surface area contributed by atoms with Crippen LogP contribution in [-0.4, -0.2) is 36.5 Å². The molecule has 1 heterocycles. The number of methoxy groups -OCH3 is 2. The van der Waals surface area contributed by atoms with Gasteiger partial charge in [0, 0.05) is 17.7 Å². The van der Waals surface area contributed by atoms with Crippen LogP contribution in [0.15, 0.2) is 23.3 Å². The summed E-state index contributed by atoms with van der Waals surface area (Å²) in [5.74, 6) is 1.02. The molecule has 1 aromatic carbocycles. The minimum atomic E-state index is -0.159. The standard InChI is InChI=1S/C17H22N4O3/c1-11-14(12(2)20-19-11)8-9-16(22)21-18-10-13-6-5-7-15(23-3)17(13)24-4/h5-7,10H,8-9H2,1-4H3,(H,19,20)(H,21,22)/b18-10-. The molecule has 7 nitrogen and oxygen atoms in total. The van der Waals surface area contributed by atoms with Gasteiger partial charge in [0.15, 0.2) is 11.5 Å². The number of hydrogen-bond acceptors (Lipinski definition) is 5. The van der Waals surface area contributed by atoms with Crippen molar-refractivity contribution in [2.24, 2.45) is 5.10 Å². The molecule has 1 aromatic heterocycles. The van der Waals surface area contributed by atoms with Gasteiger partial charge >= 0.3 is 0 Å². The lowest BCUT2D eigenvalue weighted by atomic mass is 10.1. The van der Waals surface area contributed by atoms with E-state index in [0.717, 1.165) is 22.5 Å². The molecule has 0 bridgehead atoms. The van der Waals surface area contributed by atoms with E-state index < -0.39 is 0 Å². The molecular formula is C17H22N4O3. The molecule has 2 N–H and O–H groups in total. The van der Waals surface area contributed by atoms with Gasteiger partial charge in [-0.3, -0.25) is 9.89 Å². The molecule has 2 rings (SSSR count). The Labute approximate surface area is 141 Å². The number of nitrogens with one attached hydrogen (secondary N) is 2. The number of amides is 1. The second-order valence-corrected chi connectivity index (χ2v) is 5.29. The fourth-order valence-electron chi connectivity index (χ4n) is 2.42. The van der Waals surface area contributed by atoms with Gasteiger partial charge in [-0.1, -0.05) is 6.07 Å². The molecular weight excluding hydrogens is 308 g/mol. The number of H-pyrrole nitrogens is 1. The average molecular weight is 330 g/mol. The number of ether oxygens (including phenoxy) is 2. The summed E-state index contributed by atoms with van der Waals surface area (Å²) in [6.07, 6.45) is 2.50. The number of carbonyl (C=O) groups is 1. The summed E-state index contributed by atoms with van der Waals surface area (Å²) in [6, 6.07) is 5.45. The average Bonchev–Trinajstić information content (AvgIpc) is 2.90. The van der Waals surface area contributed by atoms with Gasteiger partial charge < -0.3 is 9.47 Å². The Kier molecular flexibility index (Phi) is 5.95. The maximum atomic E-state index is 11.9. The molecule has 0 aliphatic rings. The smallest absolute Gasteiger partial charge is 0.240 e. The van der Waals surface area contributed by atoms with E-state index in [0.29, 0.717) is 24.3 Å². The normalized spacial score (nSPS) is 10.8. The second kappa shape index (κ2) is 8.14. The number of aromatic nitrogens is 2. The van der Waals surface area contributed by atoms with E-state index in [1.54, 1.807) is 20.3 Å². The van der Waals surface area contributed by atoms with E-state index in [2.05, 4.69) is 20.7 Å². The summed E-state index contributed by atoms with van der Waals surface area (Å²) < 4.78 is 10.5. The zero-order chi connectivity index (χ0) is 17.5. The van der Waals surface area contributed by atoms with Crippen LogP contribution in [0.3, 0.4) is 0 Å². The fraction of sp³-hybridized carbons (Fsp3) is 0.353. The van der Waals surface area contributed by atoms with Crippen LogP contribution < -0.4 is 14.9 Å². The summed E-state index contributed by atoms with van der Waals surface area (Å²) in [5.41, 5.74) is 6.23. The van der Waals surface area contributed by atoms with Crippen molar-refractivity contribution in [1.82, 2.24) is 15.6 Å². The van der Waals surface area contributed by atoms with E-state index in [4.69, 9.17) is 9.47 Å². The third-order valence-electron chi connectivity index (χ3n) is 3.71. The SMILES string of the molecule is COc1cccc(/C=N\NC(=O)CCc2c(C)n[nH]c2C)c1OC. The van der Waals surface area contributed by atoms with Crippen LogP contribution in [0, 0.1) is 13.8 Å². The number of rotatable bonds is 7. The lowest BCUT2D eigenvalue weighted by Gasteiger charge is -2.09. The van der Waals surface area contributed by atoms with Crippen LogP contribution in [0.5, 0.6) is 11.5 Å². The highest BCUT2D eigenvalue weighted by Crippen LogP contribution is 2.29. The highest BCUT2D eigenvalue weighted by molar-refractivity contribution is 5.86. The Morgan fingerprint density at radius 2 is 2.12 bits per heavy atom. The quantitative estimate of drug-likeness (QED) is 0.601. The van der Waals surface area contributed by atoms with Crippen molar-refractivity contribution in [2.75, 3.05) is 14.2 Å². The molecule has 0 saturated heterocycles. The van der Waals surface area contributed by atoms with Gasteiger partial charge in [0.05, 0.1) is 26.1 Å². The predicted molar refractivity (Wildman–Crippen MR) is 91.7 cm³/mol. The monoisotopic (exact) mass is 330 g/mol. The first-order chi connectivity index (χ1) is 11.6. The van der Waals surface area contributed by atoms with Crippen LogP contribution in [0.1, 0.15) is 28.9 Å². The lowest BCUT2D eigenvalue weighted by molar-refractivity contribution is -0.121. The van der Waals surface area contributed by atoms with Crippen molar-refractivity contribution in [3.05, 3.63) is 40.7 Å². The summed E-state index contributed by atoms with van der Waals surface area (Å²) in [7, 11) is 3.13. The number of aryl methyl sites for hydroxylation is 2. The number of hydrazone groups is 1. The van der Waals surface area contributed by atoms with Gasteiger partial charge in [0.1, 0.15) is 0 Å². The molecule has 2 aromatic rings. The van der Waals surface area contributed by atoms with Gasteiger partial charge in [-0.2, -0.15) is 10.2 Å². The first-order valence-electron chi connectivity index (χ1n) is 7.60. The highest BCUT2D eigenvalue weighted by Gasteiger charge is 2.09. The predicted octanol–water partition coefficient (Wildman–Crippen LogP) is 2.13. The fourth-order valence-corrected chi connectivity index (χ4v) is 2.42. The number of aromatic amines is 1. The van der Waals surface area contributed by atoms with Crippen LogP contribution in [0.4, 0.5) is 0 Å². The van der Waals surface area contributed by atoms with Gasteiger partial charge in [0.25, 0.3) is 0 Å². The first-order valence-corrected chi connectivity index (χ1v) is 7.60. The molecule has 7 heteroatoms. The molecule has 128 valence electrons. The van der Waals surface area contributed by atoms with E-state index in [1.807, 2.05) is 26.0 Å². The van der Waals surface area contributed by atoms with E-state index >= 15 is 0 Å². The minimum absolute atomic E-state index is 0.159. The number of hydrogen-bond donors (Lipinski definition) is 2. The van der Waals surface area contributed by atoms with Crippen LogP contribution >= 0.6 is 0 Å². The first kappa shape index (κ1) is 17.5.